The SMILES string of the molecule is CN(C)[C@@H]1C(=O)C(C(N)=O)C(=O)[C@@]2(O)C(=O)C3C(=O)c4c(O)cc(CNC[C@H]5CCC6CC5C6(C)C)c(F)c4C[C@H]3C[C@@H]12. The number of phenolic OH excluding ortho intramolecular Hbond substituents is 1. The molecule has 0 heterocycles. The summed E-state index contributed by atoms with van der Waals surface area (Å²) in [6, 6.07) is -0.00425. The van der Waals surface area contributed by atoms with Crippen LogP contribution in [0.5, 0.6) is 5.75 Å². The number of likely N-dealkylation sites (N-methyl/N-ethyl adjacent to an activating group) is 1. The fourth-order valence-corrected chi connectivity index (χ4v) is 9.44. The highest BCUT2D eigenvalue weighted by molar-refractivity contribution is 6.32. The van der Waals surface area contributed by atoms with Crippen molar-refractivity contribution in [3.8, 4) is 5.75 Å². The van der Waals surface area contributed by atoms with E-state index in [1.807, 2.05) is 0 Å². The molecule has 4 unspecified atom stereocenters. The molecule has 0 radical (unpaired) electrons. The quantitative estimate of drug-likeness (QED) is 0.352. The number of Topliss-reactive ketones (excluding diaryl/α,β-unsaturated/α-hetero) is 4. The van der Waals surface area contributed by atoms with E-state index in [9.17, 15) is 34.2 Å². The number of amides is 1. The summed E-state index contributed by atoms with van der Waals surface area (Å²) >= 11 is 0. The lowest BCUT2D eigenvalue weighted by atomic mass is 9.45. The van der Waals surface area contributed by atoms with E-state index >= 15 is 4.39 Å². The summed E-state index contributed by atoms with van der Waals surface area (Å²) in [5.74, 6) is -10.3. The first-order valence-corrected chi connectivity index (χ1v) is 15.2. The predicted octanol–water partition coefficient (Wildman–Crippen LogP) is 1.17. The number of aliphatic hydroxyl groups is 1. The number of fused-ring (bicyclic) bond motifs is 5. The van der Waals surface area contributed by atoms with Crippen LogP contribution in [0.2, 0.25) is 0 Å². The van der Waals surface area contributed by atoms with E-state index < -0.39 is 75.9 Å². The molecule has 0 saturated heterocycles. The molecule has 1 aromatic carbocycles. The van der Waals surface area contributed by atoms with Crippen LogP contribution in [0.1, 0.15) is 61.0 Å². The van der Waals surface area contributed by atoms with Crippen LogP contribution in [0, 0.1) is 52.7 Å². The van der Waals surface area contributed by atoms with Crippen molar-refractivity contribution >= 4 is 29.0 Å². The lowest BCUT2D eigenvalue weighted by Crippen LogP contribution is -2.74. The van der Waals surface area contributed by atoms with Gasteiger partial charge in [0, 0.05) is 23.6 Å². The summed E-state index contributed by atoms with van der Waals surface area (Å²) in [6.45, 7) is 5.51. The highest BCUT2D eigenvalue weighted by Crippen LogP contribution is 2.61. The Labute approximate surface area is 249 Å². The summed E-state index contributed by atoms with van der Waals surface area (Å²) in [7, 11) is 3.03. The van der Waals surface area contributed by atoms with Gasteiger partial charge in [0.2, 0.25) is 5.91 Å². The van der Waals surface area contributed by atoms with Crippen LogP contribution in [0.15, 0.2) is 6.07 Å². The van der Waals surface area contributed by atoms with Gasteiger partial charge in [-0.2, -0.15) is 0 Å². The molecule has 6 aliphatic rings. The first-order chi connectivity index (χ1) is 20.1. The first kappa shape index (κ1) is 30.0. The van der Waals surface area contributed by atoms with Crippen molar-refractivity contribution in [3.05, 3.63) is 28.6 Å². The second kappa shape index (κ2) is 10.0. The zero-order valence-corrected chi connectivity index (χ0v) is 25.0. The lowest BCUT2D eigenvalue weighted by molar-refractivity contribution is -0.181. The molecular weight excluding hydrogens is 557 g/mol. The van der Waals surface area contributed by atoms with Gasteiger partial charge in [-0.15, -0.1) is 0 Å². The molecule has 11 heteroatoms. The number of halogens is 1. The third-order valence-corrected chi connectivity index (χ3v) is 11.8. The maximum Gasteiger partial charge on any atom is 0.235 e. The van der Waals surface area contributed by atoms with Crippen molar-refractivity contribution in [1.82, 2.24) is 10.2 Å². The van der Waals surface area contributed by atoms with Gasteiger partial charge >= 0.3 is 0 Å². The van der Waals surface area contributed by atoms with Gasteiger partial charge in [-0.05, 0) is 87.9 Å². The molecule has 5 N–H and O–H groups in total. The average molecular weight is 598 g/mol. The molecule has 9 atom stereocenters. The molecule has 5 fully saturated rings. The molecule has 0 aliphatic heterocycles. The molecular formula is C32H40FN3O7. The topological polar surface area (TPSA) is 167 Å². The van der Waals surface area contributed by atoms with Gasteiger partial charge < -0.3 is 21.3 Å². The van der Waals surface area contributed by atoms with Crippen molar-refractivity contribution in [2.45, 2.75) is 64.1 Å². The zero-order valence-electron chi connectivity index (χ0n) is 25.0. The van der Waals surface area contributed by atoms with Gasteiger partial charge in [0.15, 0.2) is 34.7 Å². The van der Waals surface area contributed by atoms with Crippen LogP contribution < -0.4 is 11.1 Å². The largest absolute Gasteiger partial charge is 0.507 e. The van der Waals surface area contributed by atoms with Crippen LogP contribution in [-0.4, -0.2) is 76.4 Å². The summed E-state index contributed by atoms with van der Waals surface area (Å²) in [5.41, 5.74) is 2.73. The Morgan fingerprint density at radius 2 is 1.81 bits per heavy atom. The van der Waals surface area contributed by atoms with Crippen LogP contribution in [0.25, 0.3) is 0 Å². The van der Waals surface area contributed by atoms with E-state index in [0.717, 1.165) is 18.9 Å². The van der Waals surface area contributed by atoms with E-state index in [4.69, 9.17) is 5.73 Å². The number of primary amides is 1. The number of hydrogen-bond acceptors (Lipinski definition) is 9. The molecule has 7 rings (SSSR count). The Hall–Kier alpha value is -3.02. The maximum atomic E-state index is 16.0. The predicted molar refractivity (Wildman–Crippen MR) is 151 cm³/mol. The summed E-state index contributed by atoms with van der Waals surface area (Å²) in [5, 5.41) is 25.9. The van der Waals surface area contributed by atoms with Crippen molar-refractivity contribution < 1.29 is 38.6 Å². The molecule has 0 aromatic heterocycles. The number of rotatable bonds is 6. The molecule has 10 nitrogen and oxygen atoms in total. The Bertz CT molecular complexity index is 1450. The van der Waals surface area contributed by atoms with Crippen molar-refractivity contribution in [2.75, 3.05) is 20.6 Å². The van der Waals surface area contributed by atoms with Gasteiger partial charge in [0.25, 0.3) is 0 Å². The van der Waals surface area contributed by atoms with E-state index in [0.29, 0.717) is 17.3 Å². The third-order valence-electron chi connectivity index (χ3n) is 11.8. The van der Waals surface area contributed by atoms with Gasteiger partial charge in [0.05, 0.1) is 17.5 Å². The highest BCUT2D eigenvalue weighted by Gasteiger charge is 2.69. The molecule has 232 valence electrons. The number of ketones is 4. The number of carbonyl (C=O) groups is 5. The fourth-order valence-electron chi connectivity index (χ4n) is 9.44. The minimum Gasteiger partial charge on any atom is -0.507 e. The van der Waals surface area contributed by atoms with E-state index in [1.165, 1.54) is 37.9 Å². The first-order valence-electron chi connectivity index (χ1n) is 15.2. The van der Waals surface area contributed by atoms with Gasteiger partial charge in [0.1, 0.15) is 11.6 Å². The molecule has 6 aliphatic carbocycles. The summed E-state index contributed by atoms with van der Waals surface area (Å²) in [6.07, 6.45) is 3.33. The van der Waals surface area contributed by atoms with Gasteiger partial charge in [-0.1, -0.05) is 13.8 Å². The highest BCUT2D eigenvalue weighted by atomic mass is 19.1. The molecule has 1 aromatic rings. The number of nitrogens with two attached hydrogens (primary N) is 1. The minimum atomic E-state index is -2.80. The standard InChI is InChI=1S/C32H40FN3O7/c1-31(2)16-6-5-13(18(31)10-16)11-35-12-15-9-20(37)22-17(24(15)33)7-14-8-19-25(36(3)4)27(39)23(30(34)42)29(41)32(19,43)28(40)21(14)26(22)38/h9,13-14,16,18-19,21,23,25,35,37,43H,5-8,10-12H2,1-4H3,(H2,34,42)/t13-,14+,16?,18?,19+,21?,23?,25+,32+/m1/s1. The fraction of sp³-hybridized carbons (Fsp3) is 0.656. The number of hydrogen-bond donors (Lipinski definition) is 4. The van der Waals surface area contributed by atoms with E-state index in [2.05, 4.69) is 19.2 Å². The Morgan fingerprint density at radius 1 is 1.12 bits per heavy atom. The number of carbonyl (C=O) groups excluding carboxylic acids is 5. The number of nitrogens with one attached hydrogen (secondary N) is 1. The third kappa shape index (κ3) is 4.10. The van der Waals surface area contributed by atoms with Crippen molar-refractivity contribution in [3.63, 3.8) is 0 Å². The maximum absolute atomic E-state index is 16.0. The molecule has 1 amide bonds. The Kier molecular flexibility index (Phi) is 6.98. The Balaban J connectivity index is 1.28. The van der Waals surface area contributed by atoms with Crippen LogP contribution >= 0.6 is 0 Å². The number of benzene rings is 1. The molecule has 5 saturated carbocycles. The molecule has 2 bridgehead atoms. The van der Waals surface area contributed by atoms with Gasteiger partial charge in [-0.3, -0.25) is 28.9 Å². The second-order valence-electron chi connectivity index (χ2n) is 14.3. The molecule has 0 spiro atoms. The average Bonchev–Trinajstić information content (AvgIpc) is 2.92. The smallest absolute Gasteiger partial charge is 0.235 e. The number of aromatic hydroxyl groups is 1. The number of phenols is 1. The van der Waals surface area contributed by atoms with E-state index in [1.54, 1.807) is 0 Å². The normalized spacial score (nSPS) is 37.8. The zero-order chi connectivity index (χ0) is 31.3. The van der Waals surface area contributed by atoms with Gasteiger partial charge in [-0.25, -0.2) is 4.39 Å². The lowest BCUT2D eigenvalue weighted by Gasteiger charge is -2.60. The number of nitrogens with zero attached hydrogens (tertiary/aromatic N) is 1. The van der Waals surface area contributed by atoms with Crippen molar-refractivity contribution in [2.24, 2.45) is 52.6 Å². The van der Waals surface area contributed by atoms with Crippen molar-refractivity contribution in [1.29, 1.82) is 0 Å². The van der Waals surface area contributed by atoms with Crippen LogP contribution in [-0.2, 0) is 32.1 Å². The Morgan fingerprint density at radius 3 is 2.42 bits per heavy atom. The van der Waals surface area contributed by atoms with Crippen LogP contribution in [0.3, 0.4) is 0 Å². The monoisotopic (exact) mass is 597 g/mol. The van der Waals surface area contributed by atoms with E-state index in [-0.39, 0.29) is 36.1 Å². The minimum absolute atomic E-state index is 0.00759. The summed E-state index contributed by atoms with van der Waals surface area (Å²) in [4.78, 5) is 67.7. The molecule has 43 heavy (non-hydrogen) atoms. The summed E-state index contributed by atoms with van der Waals surface area (Å²) < 4.78 is 16.0. The van der Waals surface area contributed by atoms with Crippen LogP contribution in [0.4, 0.5) is 4.39 Å². The second-order valence-corrected chi connectivity index (χ2v) is 14.3.